The van der Waals surface area contributed by atoms with Gasteiger partial charge in [0, 0.05) is 38.3 Å². The Hall–Kier alpha value is -3.25. The summed E-state index contributed by atoms with van der Waals surface area (Å²) in [5.41, 5.74) is 2.99. The third kappa shape index (κ3) is 4.19. The van der Waals surface area contributed by atoms with Crippen LogP contribution in [0.3, 0.4) is 0 Å². The Kier molecular flexibility index (Phi) is 6.05. The minimum Gasteiger partial charge on any atom is -0.493 e. The number of ether oxygens (including phenoxy) is 2. The molecule has 4 rings (SSSR count). The number of rotatable bonds is 6. The molecule has 3 aromatic rings. The summed E-state index contributed by atoms with van der Waals surface area (Å²) in [4.78, 5) is 17.3. The van der Waals surface area contributed by atoms with Crippen LogP contribution >= 0.6 is 0 Å². The molecule has 6 nitrogen and oxygen atoms in total. The smallest absolute Gasteiger partial charge is 0.290 e. The molecule has 0 radical (unpaired) electrons. The molecule has 0 unspecified atom stereocenters. The van der Waals surface area contributed by atoms with Crippen molar-refractivity contribution >= 4 is 5.91 Å². The number of carbonyl (C=O) groups excluding carboxylic acids is 1. The number of carbonyl (C=O) groups is 1. The van der Waals surface area contributed by atoms with Crippen molar-refractivity contribution in [3.8, 4) is 22.6 Å². The van der Waals surface area contributed by atoms with Gasteiger partial charge in [0.25, 0.3) is 5.91 Å². The summed E-state index contributed by atoms with van der Waals surface area (Å²) in [6.07, 6.45) is 1.59. The van der Waals surface area contributed by atoms with Crippen LogP contribution in [0.5, 0.6) is 11.5 Å². The normalized spacial score (nSPS) is 14.5. The maximum Gasteiger partial charge on any atom is 0.290 e. The first kappa shape index (κ1) is 20.0. The SMILES string of the molecule is COc1ccc(CN2CCN(C(=O)c3occc3-c3ccccc3)CC2)cc1OC. The third-order valence-corrected chi connectivity index (χ3v) is 5.46. The Morgan fingerprint density at radius 1 is 0.933 bits per heavy atom. The van der Waals surface area contributed by atoms with E-state index in [0.29, 0.717) is 18.8 Å². The molecule has 0 atom stereocenters. The molecule has 0 spiro atoms. The van der Waals surface area contributed by atoms with Crippen LogP contribution in [0.2, 0.25) is 0 Å². The van der Waals surface area contributed by atoms with Crippen molar-refractivity contribution in [1.29, 1.82) is 0 Å². The fraction of sp³-hybridized carbons (Fsp3) is 0.292. The van der Waals surface area contributed by atoms with Crippen LogP contribution in [0.1, 0.15) is 16.1 Å². The molecule has 1 aromatic heterocycles. The summed E-state index contributed by atoms with van der Waals surface area (Å²) in [6, 6.07) is 17.7. The number of methoxy groups -OCH3 is 2. The Balaban J connectivity index is 1.39. The van der Waals surface area contributed by atoms with Gasteiger partial charge in [-0.05, 0) is 29.3 Å². The highest BCUT2D eigenvalue weighted by Gasteiger charge is 2.26. The van der Waals surface area contributed by atoms with Crippen molar-refractivity contribution in [3.05, 3.63) is 72.2 Å². The van der Waals surface area contributed by atoms with Gasteiger partial charge in [-0.15, -0.1) is 0 Å². The summed E-state index contributed by atoms with van der Waals surface area (Å²) in [5.74, 6) is 1.82. The second-order valence-electron chi connectivity index (χ2n) is 7.29. The lowest BCUT2D eigenvalue weighted by Gasteiger charge is -2.34. The van der Waals surface area contributed by atoms with E-state index in [0.717, 1.165) is 47.8 Å². The zero-order valence-electron chi connectivity index (χ0n) is 17.3. The second-order valence-corrected chi connectivity index (χ2v) is 7.29. The summed E-state index contributed by atoms with van der Waals surface area (Å²) in [7, 11) is 3.28. The lowest BCUT2D eigenvalue weighted by Crippen LogP contribution is -2.48. The zero-order chi connectivity index (χ0) is 20.9. The topological polar surface area (TPSA) is 55.2 Å². The first-order chi connectivity index (χ1) is 14.7. The molecule has 6 heteroatoms. The van der Waals surface area contributed by atoms with E-state index in [1.54, 1.807) is 20.5 Å². The van der Waals surface area contributed by atoms with Gasteiger partial charge in [0.2, 0.25) is 0 Å². The molecule has 1 fully saturated rings. The Bertz CT molecular complexity index is 991. The second kappa shape index (κ2) is 9.05. The van der Waals surface area contributed by atoms with Gasteiger partial charge in [0.1, 0.15) is 0 Å². The van der Waals surface area contributed by atoms with Gasteiger partial charge in [-0.2, -0.15) is 0 Å². The number of hydrogen-bond donors (Lipinski definition) is 0. The molecule has 1 saturated heterocycles. The number of amides is 1. The average molecular weight is 406 g/mol. The molecule has 2 aromatic carbocycles. The maximum absolute atomic E-state index is 13.1. The number of nitrogens with zero attached hydrogens (tertiary/aromatic N) is 2. The van der Waals surface area contributed by atoms with E-state index in [1.165, 1.54) is 0 Å². The Morgan fingerprint density at radius 3 is 2.37 bits per heavy atom. The average Bonchev–Trinajstić information content (AvgIpc) is 3.29. The van der Waals surface area contributed by atoms with E-state index in [9.17, 15) is 4.79 Å². The number of piperazine rings is 1. The van der Waals surface area contributed by atoms with Crippen molar-refractivity contribution in [2.45, 2.75) is 6.54 Å². The monoisotopic (exact) mass is 406 g/mol. The van der Waals surface area contributed by atoms with Gasteiger partial charge in [0.15, 0.2) is 17.3 Å². The molecule has 1 aliphatic heterocycles. The lowest BCUT2D eigenvalue weighted by molar-refractivity contribution is 0.0599. The van der Waals surface area contributed by atoms with Gasteiger partial charge in [0.05, 0.1) is 20.5 Å². The summed E-state index contributed by atoms with van der Waals surface area (Å²) >= 11 is 0. The quantitative estimate of drug-likeness (QED) is 0.621. The lowest BCUT2D eigenvalue weighted by atomic mass is 10.1. The predicted molar refractivity (Wildman–Crippen MR) is 115 cm³/mol. The molecule has 0 N–H and O–H groups in total. The summed E-state index contributed by atoms with van der Waals surface area (Å²) in [6.45, 7) is 3.75. The molecule has 0 aliphatic carbocycles. The van der Waals surface area contributed by atoms with Crippen molar-refractivity contribution in [3.63, 3.8) is 0 Å². The maximum atomic E-state index is 13.1. The van der Waals surface area contributed by atoms with Gasteiger partial charge in [-0.3, -0.25) is 9.69 Å². The molecule has 156 valence electrons. The van der Waals surface area contributed by atoms with Crippen LogP contribution in [-0.4, -0.2) is 56.1 Å². The standard InChI is InChI=1S/C24H26N2O4/c1-28-21-9-8-18(16-22(21)29-2)17-25-11-13-26(14-12-25)24(27)23-20(10-15-30-23)19-6-4-3-5-7-19/h3-10,15-16H,11-14,17H2,1-2H3. The van der Waals surface area contributed by atoms with E-state index in [4.69, 9.17) is 13.9 Å². The van der Waals surface area contributed by atoms with Crippen LogP contribution in [0.4, 0.5) is 0 Å². The molecule has 30 heavy (non-hydrogen) atoms. The molecule has 1 aliphatic rings. The fourth-order valence-corrected chi connectivity index (χ4v) is 3.81. The third-order valence-electron chi connectivity index (χ3n) is 5.46. The van der Waals surface area contributed by atoms with E-state index < -0.39 is 0 Å². The van der Waals surface area contributed by atoms with Crippen LogP contribution in [0.15, 0.2) is 65.3 Å². The first-order valence-electron chi connectivity index (χ1n) is 10.0. The van der Waals surface area contributed by atoms with Crippen molar-refractivity contribution in [2.75, 3.05) is 40.4 Å². The minimum atomic E-state index is -0.0513. The number of benzene rings is 2. The van der Waals surface area contributed by atoms with Gasteiger partial charge >= 0.3 is 0 Å². The van der Waals surface area contributed by atoms with E-state index in [2.05, 4.69) is 4.90 Å². The van der Waals surface area contributed by atoms with Gasteiger partial charge in [-0.25, -0.2) is 0 Å². The largest absolute Gasteiger partial charge is 0.493 e. The van der Waals surface area contributed by atoms with Crippen molar-refractivity contribution in [2.24, 2.45) is 0 Å². The predicted octanol–water partition coefficient (Wildman–Crippen LogP) is 3.92. The number of furan rings is 1. The molecular weight excluding hydrogens is 380 g/mol. The Morgan fingerprint density at radius 2 is 1.67 bits per heavy atom. The first-order valence-corrected chi connectivity index (χ1v) is 10.0. The van der Waals surface area contributed by atoms with Gasteiger partial charge < -0.3 is 18.8 Å². The van der Waals surface area contributed by atoms with Crippen LogP contribution in [0, 0.1) is 0 Å². The van der Waals surface area contributed by atoms with Crippen molar-refractivity contribution in [1.82, 2.24) is 9.80 Å². The molecule has 1 amide bonds. The van der Waals surface area contributed by atoms with E-state index in [-0.39, 0.29) is 5.91 Å². The molecular formula is C24H26N2O4. The summed E-state index contributed by atoms with van der Waals surface area (Å²) < 4.78 is 16.3. The summed E-state index contributed by atoms with van der Waals surface area (Å²) in [5, 5.41) is 0. The highest BCUT2D eigenvalue weighted by molar-refractivity contribution is 5.98. The Labute approximate surface area is 176 Å². The zero-order valence-corrected chi connectivity index (χ0v) is 17.3. The molecule has 0 saturated carbocycles. The van der Waals surface area contributed by atoms with E-state index >= 15 is 0 Å². The van der Waals surface area contributed by atoms with Crippen LogP contribution < -0.4 is 9.47 Å². The highest BCUT2D eigenvalue weighted by Crippen LogP contribution is 2.29. The van der Waals surface area contributed by atoms with Crippen molar-refractivity contribution < 1.29 is 18.7 Å². The molecule has 0 bridgehead atoms. The minimum absolute atomic E-state index is 0.0513. The van der Waals surface area contributed by atoms with E-state index in [1.807, 2.05) is 59.5 Å². The van der Waals surface area contributed by atoms with Gasteiger partial charge in [-0.1, -0.05) is 36.4 Å². The van der Waals surface area contributed by atoms with Crippen LogP contribution in [-0.2, 0) is 6.54 Å². The number of hydrogen-bond acceptors (Lipinski definition) is 5. The highest BCUT2D eigenvalue weighted by atomic mass is 16.5. The molecule has 2 heterocycles. The van der Waals surface area contributed by atoms with Crippen LogP contribution in [0.25, 0.3) is 11.1 Å². The fourth-order valence-electron chi connectivity index (χ4n) is 3.81.